The van der Waals surface area contributed by atoms with Crippen molar-refractivity contribution in [2.75, 3.05) is 38.7 Å². The number of nitrogens with zero attached hydrogens (tertiary/aromatic N) is 1. The molecular weight excluding hydrogens is 406 g/mol. The van der Waals surface area contributed by atoms with Crippen LogP contribution in [-0.2, 0) is 4.74 Å². The van der Waals surface area contributed by atoms with Crippen molar-refractivity contribution in [3.05, 3.63) is 59.2 Å². The molecule has 0 aromatic heterocycles. The molecule has 5 rings (SSSR count). The fraction of sp³-hybridized carbons (Fsp3) is 0.440. The first kappa shape index (κ1) is 20.8. The molecule has 3 fully saturated rings. The Morgan fingerprint density at radius 2 is 1.84 bits per heavy atom. The second kappa shape index (κ2) is 8.47. The standard InChI is InChI=1S/C25H29N3O4/c1-15-3-4-17(11-22(15)27-25(30)26-18-9-10-32-14-18)24(29)28-12-20-21(13-28)23(20)16-5-7-19(31-2)8-6-16/h3-8,11,18,20-21,23H,9-10,12-14H2,1-2H3,(H2,26,27,30)/t18?,20-,21+,23+. The Balaban J connectivity index is 1.20. The Bertz CT molecular complexity index is 1000. The topological polar surface area (TPSA) is 79.9 Å². The largest absolute Gasteiger partial charge is 0.497 e. The van der Waals surface area contributed by atoms with E-state index >= 15 is 0 Å². The maximum Gasteiger partial charge on any atom is 0.319 e. The number of nitrogens with one attached hydrogen (secondary N) is 2. The van der Waals surface area contributed by atoms with Gasteiger partial charge in [0.2, 0.25) is 0 Å². The number of likely N-dealkylation sites (tertiary alicyclic amines) is 1. The van der Waals surface area contributed by atoms with Crippen molar-refractivity contribution >= 4 is 17.6 Å². The molecule has 32 heavy (non-hydrogen) atoms. The van der Waals surface area contributed by atoms with E-state index in [1.54, 1.807) is 13.2 Å². The van der Waals surface area contributed by atoms with E-state index in [0.717, 1.165) is 30.8 Å². The SMILES string of the molecule is COc1ccc([C@H]2[C@@H]3CN(C(=O)c4ccc(C)c(NC(=O)NC5CCOC5)c4)C[C@@H]32)cc1. The highest BCUT2D eigenvalue weighted by atomic mass is 16.5. The third-order valence-corrected chi connectivity index (χ3v) is 6.98. The molecule has 7 nitrogen and oxygen atoms in total. The summed E-state index contributed by atoms with van der Waals surface area (Å²) in [5.74, 6) is 2.47. The second-order valence-corrected chi connectivity index (χ2v) is 9.03. The van der Waals surface area contributed by atoms with Gasteiger partial charge >= 0.3 is 6.03 Å². The first-order valence-corrected chi connectivity index (χ1v) is 11.2. The highest BCUT2D eigenvalue weighted by Gasteiger charge is 2.57. The van der Waals surface area contributed by atoms with Gasteiger partial charge in [-0.25, -0.2) is 4.79 Å². The molecule has 1 aliphatic carbocycles. The maximum absolute atomic E-state index is 13.1. The average Bonchev–Trinajstić information content (AvgIpc) is 3.14. The summed E-state index contributed by atoms with van der Waals surface area (Å²) in [4.78, 5) is 27.4. The molecule has 2 aromatic carbocycles. The molecular formula is C25H29N3O4. The van der Waals surface area contributed by atoms with Gasteiger partial charge in [-0.2, -0.15) is 0 Å². The Labute approximate surface area is 188 Å². The number of aryl methyl sites for hydroxylation is 1. The van der Waals surface area contributed by atoms with Crippen molar-refractivity contribution < 1.29 is 19.1 Å². The van der Waals surface area contributed by atoms with E-state index < -0.39 is 0 Å². The molecule has 7 heteroatoms. The lowest BCUT2D eigenvalue weighted by Crippen LogP contribution is -2.38. The Morgan fingerprint density at radius 3 is 2.50 bits per heavy atom. The number of hydrogen-bond acceptors (Lipinski definition) is 4. The number of carbonyl (C=O) groups is 2. The zero-order valence-corrected chi connectivity index (χ0v) is 18.5. The normalized spacial score (nSPS) is 25.9. The van der Waals surface area contributed by atoms with Crippen LogP contribution < -0.4 is 15.4 Å². The highest BCUT2D eigenvalue weighted by Crippen LogP contribution is 2.58. The van der Waals surface area contributed by atoms with Gasteiger partial charge in [0, 0.05) is 30.9 Å². The molecule has 2 saturated heterocycles. The third kappa shape index (κ3) is 4.05. The van der Waals surface area contributed by atoms with Crippen LogP contribution in [0.25, 0.3) is 0 Å². The lowest BCUT2D eigenvalue weighted by atomic mass is 10.1. The zero-order chi connectivity index (χ0) is 22.2. The van der Waals surface area contributed by atoms with E-state index in [-0.39, 0.29) is 18.0 Å². The number of methoxy groups -OCH3 is 1. The van der Waals surface area contributed by atoms with Crippen LogP contribution in [0.1, 0.15) is 33.8 Å². The minimum Gasteiger partial charge on any atom is -0.497 e. The van der Waals surface area contributed by atoms with Crippen molar-refractivity contribution in [1.29, 1.82) is 0 Å². The van der Waals surface area contributed by atoms with Crippen LogP contribution in [0.3, 0.4) is 0 Å². The van der Waals surface area contributed by atoms with Crippen molar-refractivity contribution in [2.45, 2.75) is 25.3 Å². The van der Waals surface area contributed by atoms with Gasteiger partial charge in [-0.3, -0.25) is 4.79 Å². The smallest absolute Gasteiger partial charge is 0.319 e. The lowest BCUT2D eigenvalue weighted by Gasteiger charge is -2.21. The number of benzene rings is 2. The molecule has 3 amide bonds. The molecule has 2 N–H and O–H groups in total. The van der Waals surface area contributed by atoms with E-state index in [9.17, 15) is 9.59 Å². The monoisotopic (exact) mass is 435 g/mol. The van der Waals surface area contributed by atoms with Crippen LogP contribution in [0.4, 0.5) is 10.5 Å². The van der Waals surface area contributed by atoms with Crippen molar-refractivity contribution in [3.8, 4) is 5.75 Å². The van der Waals surface area contributed by atoms with Crippen molar-refractivity contribution in [2.24, 2.45) is 11.8 Å². The van der Waals surface area contributed by atoms with Crippen LogP contribution in [0.15, 0.2) is 42.5 Å². The molecule has 2 heterocycles. The van der Waals surface area contributed by atoms with Gasteiger partial charge in [-0.05, 0) is 66.5 Å². The summed E-state index contributed by atoms with van der Waals surface area (Å²) < 4.78 is 10.5. The minimum atomic E-state index is -0.266. The van der Waals surface area contributed by atoms with E-state index in [4.69, 9.17) is 9.47 Å². The number of hydrogen-bond donors (Lipinski definition) is 2. The Morgan fingerprint density at radius 1 is 1.09 bits per heavy atom. The second-order valence-electron chi connectivity index (χ2n) is 9.03. The summed E-state index contributed by atoms with van der Waals surface area (Å²) >= 11 is 0. The summed E-state index contributed by atoms with van der Waals surface area (Å²) in [5, 5.41) is 5.81. The van der Waals surface area contributed by atoms with Crippen LogP contribution in [0.5, 0.6) is 5.75 Å². The predicted octanol–water partition coefficient (Wildman–Crippen LogP) is 3.40. The number of urea groups is 1. The van der Waals surface area contributed by atoms with Gasteiger partial charge in [0.25, 0.3) is 5.91 Å². The number of rotatable bonds is 5. The van der Waals surface area contributed by atoms with Gasteiger partial charge in [0.1, 0.15) is 5.75 Å². The molecule has 1 saturated carbocycles. The average molecular weight is 436 g/mol. The van der Waals surface area contributed by atoms with Gasteiger partial charge in [0.15, 0.2) is 0 Å². The van der Waals surface area contributed by atoms with E-state index in [0.29, 0.717) is 42.2 Å². The highest BCUT2D eigenvalue weighted by molar-refractivity contribution is 5.97. The summed E-state index contributed by atoms with van der Waals surface area (Å²) in [6.07, 6.45) is 0.819. The maximum atomic E-state index is 13.1. The molecule has 2 aliphatic heterocycles. The molecule has 168 valence electrons. The number of piperidine rings is 1. The number of anilines is 1. The Hall–Kier alpha value is -3.06. The van der Waals surface area contributed by atoms with Crippen molar-refractivity contribution in [1.82, 2.24) is 10.2 Å². The first-order chi connectivity index (χ1) is 15.5. The molecule has 4 atom stereocenters. The quantitative estimate of drug-likeness (QED) is 0.755. The Kier molecular flexibility index (Phi) is 5.51. The van der Waals surface area contributed by atoms with Gasteiger partial charge in [0.05, 0.1) is 19.8 Å². The summed E-state index contributed by atoms with van der Waals surface area (Å²) in [6.45, 7) is 4.69. The van der Waals surface area contributed by atoms with Gasteiger partial charge in [-0.1, -0.05) is 18.2 Å². The van der Waals surface area contributed by atoms with E-state index in [1.165, 1.54) is 5.56 Å². The van der Waals surface area contributed by atoms with Crippen molar-refractivity contribution in [3.63, 3.8) is 0 Å². The molecule has 0 spiro atoms. The van der Waals surface area contributed by atoms with Crippen LogP contribution >= 0.6 is 0 Å². The molecule has 0 radical (unpaired) electrons. The summed E-state index contributed by atoms with van der Waals surface area (Å²) in [7, 11) is 1.67. The summed E-state index contributed by atoms with van der Waals surface area (Å²) in [6, 6.07) is 13.6. The number of ether oxygens (including phenoxy) is 2. The lowest BCUT2D eigenvalue weighted by molar-refractivity contribution is 0.0772. The number of fused-ring (bicyclic) bond motifs is 1. The zero-order valence-electron chi connectivity index (χ0n) is 18.5. The van der Waals surface area contributed by atoms with Crippen LogP contribution in [-0.4, -0.2) is 56.3 Å². The van der Waals surface area contributed by atoms with E-state index in [1.807, 2.05) is 36.1 Å². The molecule has 2 aromatic rings. The fourth-order valence-corrected chi connectivity index (χ4v) is 5.08. The molecule has 0 bridgehead atoms. The van der Waals surface area contributed by atoms with E-state index in [2.05, 4.69) is 22.8 Å². The molecule has 1 unspecified atom stereocenters. The van der Waals surface area contributed by atoms with Gasteiger partial charge in [-0.15, -0.1) is 0 Å². The number of amides is 3. The third-order valence-electron chi connectivity index (χ3n) is 6.98. The summed E-state index contributed by atoms with van der Waals surface area (Å²) in [5.41, 5.74) is 3.52. The van der Waals surface area contributed by atoms with Crippen LogP contribution in [0, 0.1) is 18.8 Å². The number of carbonyl (C=O) groups excluding carboxylic acids is 2. The minimum absolute atomic E-state index is 0.0262. The van der Waals surface area contributed by atoms with Gasteiger partial charge < -0.3 is 25.0 Å². The predicted molar refractivity (Wildman–Crippen MR) is 121 cm³/mol. The first-order valence-electron chi connectivity index (χ1n) is 11.2. The molecule has 3 aliphatic rings. The fourth-order valence-electron chi connectivity index (χ4n) is 5.08. The van der Waals surface area contributed by atoms with Crippen LogP contribution in [0.2, 0.25) is 0 Å².